The molecule has 0 saturated heterocycles. The third kappa shape index (κ3) is 4.13. The van der Waals surface area contributed by atoms with Gasteiger partial charge in [-0.3, -0.25) is 14.9 Å². The van der Waals surface area contributed by atoms with Crippen LogP contribution in [0.3, 0.4) is 0 Å². The molecule has 0 radical (unpaired) electrons. The van der Waals surface area contributed by atoms with Crippen molar-refractivity contribution in [2.24, 2.45) is 0 Å². The van der Waals surface area contributed by atoms with Crippen molar-refractivity contribution < 1.29 is 14.8 Å². The number of nitrogens with one attached hydrogen (secondary N) is 2. The highest BCUT2D eigenvalue weighted by atomic mass is 16.6. The highest BCUT2D eigenvalue weighted by Gasteiger charge is 2.25. The molecule has 9 heteroatoms. The molecule has 1 aromatic heterocycles. The first-order valence-corrected chi connectivity index (χ1v) is 6.75. The number of benzene rings is 1. The number of carboxylic acid groups (broad SMARTS) is 1. The number of aliphatic carboxylic acids is 1. The highest BCUT2D eigenvalue weighted by molar-refractivity contribution is 5.79. The molecule has 23 heavy (non-hydrogen) atoms. The Morgan fingerprint density at radius 3 is 2.57 bits per heavy atom. The first-order valence-electron chi connectivity index (χ1n) is 6.75. The Morgan fingerprint density at radius 1 is 1.30 bits per heavy atom. The van der Waals surface area contributed by atoms with Crippen LogP contribution < -0.4 is 10.6 Å². The summed E-state index contributed by atoms with van der Waals surface area (Å²) in [5.74, 6) is -1.26. The summed E-state index contributed by atoms with van der Waals surface area (Å²) in [6, 6.07) is 8.29. The summed E-state index contributed by atoms with van der Waals surface area (Å²) in [6.07, 6.45) is 1.14. The van der Waals surface area contributed by atoms with Gasteiger partial charge in [0.1, 0.15) is 12.4 Å². The van der Waals surface area contributed by atoms with Crippen LogP contribution in [0.4, 0.5) is 17.3 Å². The van der Waals surface area contributed by atoms with Crippen molar-refractivity contribution in [1.82, 2.24) is 9.97 Å². The van der Waals surface area contributed by atoms with Crippen LogP contribution >= 0.6 is 0 Å². The first-order chi connectivity index (χ1) is 11.0. The minimum absolute atomic E-state index is 0.0222. The molecule has 1 aromatic carbocycles. The average Bonchev–Trinajstić information content (AvgIpc) is 2.53. The Morgan fingerprint density at radius 2 is 1.96 bits per heavy atom. The van der Waals surface area contributed by atoms with Gasteiger partial charge in [-0.1, -0.05) is 30.3 Å². The van der Waals surface area contributed by atoms with Gasteiger partial charge < -0.3 is 15.7 Å². The van der Waals surface area contributed by atoms with E-state index >= 15 is 0 Å². The normalized spacial score (nSPS) is 11.5. The molecule has 0 fully saturated rings. The van der Waals surface area contributed by atoms with Crippen LogP contribution in [0.15, 0.2) is 36.7 Å². The summed E-state index contributed by atoms with van der Waals surface area (Å²) in [5, 5.41) is 25.6. The van der Waals surface area contributed by atoms with Gasteiger partial charge in [0.05, 0.1) is 4.92 Å². The molecule has 2 aromatic rings. The predicted octanol–water partition coefficient (Wildman–Crippen LogP) is 1.88. The number of carbonyl (C=O) groups is 1. The lowest BCUT2D eigenvalue weighted by molar-refractivity contribution is -0.383. The molecule has 0 unspecified atom stereocenters. The van der Waals surface area contributed by atoms with Crippen molar-refractivity contribution >= 4 is 23.3 Å². The van der Waals surface area contributed by atoms with E-state index < -0.39 is 22.6 Å². The Hall–Kier alpha value is -3.23. The maximum atomic E-state index is 11.3. The van der Waals surface area contributed by atoms with Crippen LogP contribution in [0.25, 0.3) is 0 Å². The number of anilines is 2. The summed E-state index contributed by atoms with van der Waals surface area (Å²) in [7, 11) is 0. The molecule has 9 nitrogen and oxygen atoms in total. The second-order valence-electron chi connectivity index (χ2n) is 4.72. The van der Waals surface area contributed by atoms with Crippen LogP contribution in [0.1, 0.15) is 12.5 Å². The lowest BCUT2D eigenvalue weighted by Gasteiger charge is -2.12. The van der Waals surface area contributed by atoms with E-state index in [1.165, 1.54) is 6.92 Å². The fourth-order valence-electron chi connectivity index (χ4n) is 1.84. The molecule has 0 aliphatic heterocycles. The number of nitro groups is 1. The molecule has 2 rings (SSSR count). The SMILES string of the molecule is C[C@H](Nc1ncnc(NCc2ccccc2)c1[N+](=O)[O-])C(=O)O. The summed E-state index contributed by atoms with van der Waals surface area (Å²) < 4.78 is 0. The van der Waals surface area contributed by atoms with E-state index in [2.05, 4.69) is 20.6 Å². The standard InChI is InChI=1S/C14H15N5O4/c1-9(14(20)21)18-13-11(19(22)23)12(16-8-17-13)15-7-10-5-3-2-4-6-10/h2-6,8-9H,7H2,1H3,(H,20,21)(H2,15,16,17,18)/t9-/m0/s1. The van der Waals surface area contributed by atoms with Gasteiger partial charge in [0.15, 0.2) is 0 Å². The predicted molar refractivity (Wildman–Crippen MR) is 83.2 cm³/mol. The summed E-state index contributed by atoms with van der Waals surface area (Å²) in [6.45, 7) is 1.71. The lowest BCUT2D eigenvalue weighted by atomic mass is 10.2. The molecular formula is C14H15N5O4. The van der Waals surface area contributed by atoms with Crippen molar-refractivity contribution in [1.29, 1.82) is 0 Å². The van der Waals surface area contributed by atoms with Gasteiger partial charge in [0, 0.05) is 6.54 Å². The molecule has 0 aliphatic carbocycles. The van der Waals surface area contributed by atoms with E-state index in [9.17, 15) is 14.9 Å². The van der Waals surface area contributed by atoms with E-state index in [1.807, 2.05) is 30.3 Å². The number of nitrogens with zero attached hydrogens (tertiary/aromatic N) is 3. The zero-order valence-corrected chi connectivity index (χ0v) is 12.3. The molecule has 0 amide bonds. The Balaban J connectivity index is 2.25. The van der Waals surface area contributed by atoms with Gasteiger partial charge in [0.25, 0.3) is 0 Å². The van der Waals surface area contributed by atoms with Crippen molar-refractivity contribution in [2.75, 3.05) is 10.6 Å². The quantitative estimate of drug-likeness (QED) is 0.521. The van der Waals surface area contributed by atoms with Gasteiger partial charge >= 0.3 is 11.7 Å². The zero-order chi connectivity index (χ0) is 16.8. The van der Waals surface area contributed by atoms with Crippen molar-refractivity contribution in [3.63, 3.8) is 0 Å². The minimum atomic E-state index is -1.14. The summed E-state index contributed by atoms with van der Waals surface area (Å²) in [5.41, 5.74) is 0.533. The van der Waals surface area contributed by atoms with E-state index in [4.69, 9.17) is 5.11 Å². The van der Waals surface area contributed by atoms with Gasteiger partial charge in [-0.05, 0) is 12.5 Å². The topological polar surface area (TPSA) is 130 Å². The zero-order valence-electron chi connectivity index (χ0n) is 12.3. The first kappa shape index (κ1) is 16.1. The fourth-order valence-corrected chi connectivity index (χ4v) is 1.84. The number of carboxylic acids is 1. The van der Waals surface area contributed by atoms with Crippen LogP contribution in [-0.4, -0.2) is 32.0 Å². The molecule has 1 heterocycles. The second-order valence-corrected chi connectivity index (χ2v) is 4.72. The van der Waals surface area contributed by atoms with Gasteiger partial charge in [-0.2, -0.15) is 0 Å². The average molecular weight is 317 g/mol. The van der Waals surface area contributed by atoms with Crippen molar-refractivity contribution in [2.45, 2.75) is 19.5 Å². The minimum Gasteiger partial charge on any atom is -0.480 e. The maximum Gasteiger partial charge on any atom is 0.353 e. The van der Waals surface area contributed by atoms with E-state index in [-0.39, 0.29) is 11.6 Å². The van der Waals surface area contributed by atoms with Gasteiger partial charge in [-0.15, -0.1) is 0 Å². The maximum absolute atomic E-state index is 11.3. The number of hydrogen-bond donors (Lipinski definition) is 3. The third-order valence-corrected chi connectivity index (χ3v) is 3.03. The largest absolute Gasteiger partial charge is 0.480 e. The Kier molecular flexibility index (Phi) is 5.03. The number of aromatic nitrogens is 2. The molecule has 120 valence electrons. The van der Waals surface area contributed by atoms with Crippen LogP contribution in [-0.2, 0) is 11.3 Å². The summed E-state index contributed by atoms with van der Waals surface area (Å²) in [4.78, 5) is 29.2. The molecule has 3 N–H and O–H groups in total. The van der Waals surface area contributed by atoms with Gasteiger partial charge in [0.2, 0.25) is 11.6 Å². The molecule has 0 saturated carbocycles. The second kappa shape index (κ2) is 7.16. The van der Waals surface area contributed by atoms with E-state index in [0.717, 1.165) is 11.9 Å². The van der Waals surface area contributed by atoms with Crippen LogP contribution in [0.5, 0.6) is 0 Å². The lowest BCUT2D eigenvalue weighted by Crippen LogP contribution is -2.26. The molecule has 1 atom stereocenters. The van der Waals surface area contributed by atoms with Crippen LogP contribution in [0.2, 0.25) is 0 Å². The Labute approximate surface area is 131 Å². The van der Waals surface area contributed by atoms with Gasteiger partial charge in [-0.25, -0.2) is 9.97 Å². The molecular weight excluding hydrogens is 302 g/mol. The fraction of sp³-hybridized carbons (Fsp3) is 0.214. The monoisotopic (exact) mass is 317 g/mol. The molecule has 0 bridgehead atoms. The van der Waals surface area contributed by atoms with Crippen molar-refractivity contribution in [3.05, 3.63) is 52.3 Å². The van der Waals surface area contributed by atoms with Crippen molar-refractivity contribution in [3.8, 4) is 0 Å². The molecule has 0 spiro atoms. The number of rotatable bonds is 7. The van der Waals surface area contributed by atoms with E-state index in [1.54, 1.807) is 0 Å². The highest BCUT2D eigenvalue weighted by Crippen LogP contribution is 2.29. The summed E-state index contributed by atoms with van der Waals surface area (Å²) >= 11 is 0. The Bertz CT molecular complexity index is 708. The smallest absolute Gasteiger partial charge is 0.353 e. The number of hydrogen-bond acceptors (Lipinski definition) is 7. The third-order valence-electron chi connectivity index (χ3n) is 3.03. The van der Waals surface area contributed by atoms with E-state index in [0.29, 0.717) is 6.54 Å². The van der Waals surface area contributed by atoms with Crippen LogP contribution in [0, 0.1) is 10.1 Å². The molecule has 0 aliphatic rings.